The van der Waals surface area contributed by atoms with Crippen LogP contribution in [0.25, 0.3) is 0 Å². The van der Waals surface area contributed by atoms with Crippen LogP contribution in [-0.4, -0.2) is 68.5 Å². The van der Waals surface area contributed by atoms with Crippen LogP contribution in [0.4, 0.5) is 0 Å². The summed E-state index contributed by atoms with van der Waals surface area (Å²) in [4.78, 5) is 25.4. The van der Waals surface area contributed by atoms with Gasteiger partial charge < -0.3 is 28.8 Å². The zero-order valence-electron chi connectivity index (χ0n) is 41.1. The second-order valence-corrected chi connectivity index (χ2v) is 20.6. The first-order chi connectivity index (χ1) is 29.5. The van der Waals surface area contributed by atoms with Gasteiger partial charge in [0.1, 0.15) is 13.2 Å². The number of unbranched alkanes of at least 4 members (excludes halogenated alkanes) is 31. The van der Waals surface area contributed by atoms with Gasteiger partial charge in [-0.15, -0.1) is 0 Å². The van der Waals surface area contributed by atoms with Gasteiger partial charge in [-0.2, -0.15) is 0 Å². The number of aliphatic hydroxyl groups is 1. The summed E-state index contributed by atoms with van der Waals surface area (Å²) in [7, 11) is 1.30. The fraction of sp³-hybridized carbons (Fsp3) is 0.904. The summed E-state index contributed by atoms with van der Waals surface area (Å²) in [5.41, 5.74) is 0. The van der Waals surface area contributed by atoms with Gasteiger partial charge in [0.2, 0.25) is 5.91 Å². The lowest BCUT2D eigenvalue weighted by Crippen LogP contribution is -2.46. The zero-order valence-corrected chi connectivity index (χ0v) is 42.0. The maximum absolute atomic E-state index is 12.9. The molecule has 0 spiro atoms. The van der Waals surface area contributed by atoms with Crippen LogP contribution < -0.4 is 10.2 Å². The van der Waals surface area contributed by atoms with E-state index >= 15 is 0 Å². The van der Waals surface area contributed by atoms with Gasteiger partial charge in [-0.05, 0) is 44.9 Å². The monoisotopic (exact) mass is 883 g/mol. The molecule has 61 heavy (non-hydrogen) atoms. The van der Waals surface area contributed by atoms with Crippen LogP contribution >= 0.6 is 7.82 Å². The molecule has 0 aromatic carbocycles. The van der Waals surface area contributed by atoms with Crippen molar-refractivity contribution in [2.75, 3.05) is 40.9 Å². The molecule has 0 saturated carbocycles. The number of quaternary nitrogens is 1. The number of rotatable bonds is 48. The third kappa shape index (κ3) is 46.8. The van der Waals surface area contributed by atoms with Crippen molar-refractivity contribution in [3.63, 3.8) is 0 Å². The number of carbonyl (C=O) groups is 1. The van der Waals surface area contributed by atoms with E-state index in [2.05, 4.69) is 43.5 Å². The predicted molar refractivity (Wildman–Crippen MR) is 261 cm³/mol. The molecule has 3 atom stereocenters. The molecule has 9 heteroatoms. The molecule has 0 heterocycles. The van der Waals surface area contributed by atoms with Crippen LogP contribution in [0.1, 0.15) is 251 Å². The molecule has 0 aliphatic heterocycles. The van der Waals surface area contributed by atoms with E-state index < -0.39 is 20.0 Å². The number of hydrogen-bond acceptors (Lipinski definition) is 6. The number of likely N-dealkylation sites (N-methyl/N-ethyl adjacent to an activating group) is 1. The number of hydrogen-bond donors (Lipinski definition) is 2. The molecule has 0 bridgehead atoms. The third-order valence-corrected chi connectivity index (χ3v) is 12.9. The lowest BCUT2D eigenvalue weighted by molar-refractivity contribution is -0.870. The Hall–Kier alpha value is -1.02. The smallest absolute Gasteiger partial charge is 0.268 e. The van der Waals surface area contributed by atoms with E-state index in [1.165, 1.54) is 161 Å². The van der Waals surface area contributed by atoms with Crippen molar-refractivity contribution in [3.8, 4) is 0 Å². The summed E-state index contributed by atoms with van der Waals surface area (Å²) in [6, 6.07) is -0.806. The van der Waals surface area contributed by atoms with E-state index in [0.717, 1.165) is 64.2 Å². The summed E-state index contributed by atoms with van der Waals surface area (Å²) in [6.07, 6.45) is 53.4. The molecule has 1 amide bonds. The molecule has 0 radical (unpaired) electrons. The Morgan fingerprint density at radius 2 is 0.951 bits per heavy atom. The molecular weight excluding hydrogens is 780 g/mol. The predicted octanol–water partition coefficient (Wildman–Crippen LogP) is 14.6. The molecule has 0 aromatic rings. The molecule has 362 valence electrons. The van der Waals surface area contributed by atoms with Gasteiger partial charge in [0.15, 0.2) is 0 Å². The van der Waals surface area contributed by atoms with Gasteiger partial charge in [0, 0.05) is 6.42 Å². The van der Waals surface area contributed by atoms with E-state index in [4.69, 9.17) is 9.05 Å². The SMILES string of the molecule is CCCCCC/C=C\C/C=C\CCCCCCCC(=O)NC(COP(=O)([O-])OCC[N+](C)(C)C)C(O)CCCCCCCCCCCCCCCCCCCCCCCCC. The molecular formula is C52H103N2O6P. The van der Waals surface area contributed by atoms with E-state index in [1.54, 1.807) is 0 Å². The number of aliphatic hydroxyl groups excluding tert-OH is 1. The first kappa shape index (κ1) is 60.0. The average Bonchev–Trinajstić information content (AvgIpc) is 3.21. The highest BCUT2D eigenvalue weighted by molar-refractivity contribution is 7.45. The molecule has 2 N–H and O–H groups in total. The fourth-order valence-corrected chi connectivity index (χ4v) is 8.50. The molecule has 3 unspecified atom stereocenters. The minimum absolute atomic E-state index is 0.0102. The first-order valence-electron chi connectivity index (χ1n) is 26.2. The van der Waals surface area contributed by atoms with Crippen LogP contribution in [-0.2, 0) is 18.4 Å². The molecule has 8 nitrogen and oxygen atoms in total. The standard InChI is InChI=1S/C52H103N2O6P/c1-6-8-10-12-14-16-18-20-22-24-25-26-27-28-29-30-31-33-35-37-39-41-43-45-51(55)50(49-60-61(57,58)59-48-47-54(3,4)5)53-52(56)46-44-42-40-38-36-34-32-23-21-19-17-15-13-11-9-7-2/h17,19,23,32,50-51,55H,6-16,18,20-22,24-31,33-49H2,1-5H3,(H-,53,56,57,58)/b19-17-,32-23-. The summed E-state index contributed by atoms with van der Waals surface area (Å²) < 4.78 is 23.4. The van der Waals surface area contributed by atoms with Gasteiger partial charge in [-0.25, -0.2) is 0 Å². The van der Waals surface area contributed by atoms with Crippen LogP contribution in [0, 0.1) is 0 Å². The number of phosphoric ester groups is 1. The Morgan fingerprint density at radius 3 is 1.38 bits per heavy atom. The number of carbonyl (C=O) groups excluding carboxylic acids is 1. The molecule has 0 saturated heterocycles. The van der Waals surface area contributed by atoms with Gasteiger partial charge >= 0.3 is 0 Å². The van der Waals surface area contributed by atoms with Crippen molar-refractivity contribution in [1.29, 1.82) is 0 Å². The minimum Gasteiger partial charge on any atom is -0.756 e. The highest BCUT2D eigenvalue weighted by atomic mass is 31.2. The molecule has 0 fully saturated rings. The maximum atomic E-state index is 12.9. The van der Waals surface area contributed by atoms with E-state index in [1.807, 2.05) is 21.1 Å². The summed E-state index contributed by atoms with van der Waals surface area (Å²) in [6.45, 7) is 4.72. The largest absolute Gasteiger partial charge is 0.756 e. The number of nitrogens with one attached hydrogen (secondary N) is 1. The molecule has 0 aromatic heterocycles. The van der Waals surface area contributed by atoms with Crippen LogP contribution in [0.5, 0.6) is 0 Å². The summed E-state index contributed by atoms with van der Waals surface area (Å²) >= 11 is 0. The van der Waals surface area contributed by atoms with E-state index in [-0.39, 0.29) is 19.1 Å². The van der Waals surface area contributed by atoms with Crippen molar-refractivity contribution in [3.05, 3.63) is 24.3 Å². The van der Waals surface area contributed by atoms with Crippen molar-refractivity contribution in [2.45, 2.75) is 264 Å². The van der Waals surface area contributed by atoms with Crippen molar-refractivity contribution in [2.24, 2.45) is 0 Å². The Labute approximate surface area is 379 Å². The van der Waals surface area contributed by atoms with Gasteiger partial charge in [0.05, 0.1) is 39.9 Å². The Morgan fingerprint density at radius 1 is 0.574 bits per heavy atom. The second kappa shape index (κ2) is 44.2. The second-order valence-electron chi connectivity index (χ2n) is 19.2. The summed E-state index contributed by atoms with van der Waals surface area (Å²) in [5.74, 6) is -0.176. The fourth-order valence-electron chi connectivity index (χ4n) is 7.78. The first-order valence-corrected chi connectivity index (χ1v) is 27.6. The zero-order chi connectivity index (χ0) is 45.0. The van der Waals surface area contributed by atoms with Crippen molar-refractivity contribution in [1.82, 2.24) is 5.32 Å². The quantitative estimate of drug-likeness (QED) is 0.0273. The van der Waals surface area contributed by atoms with E-state index in [0.29, 0.717) is 23.9 Å². The third-order valence-electron chi connectivity index (χ3n) is 11.9. The van der Waals surface area contributed by atoms with Gasteiger partial charge in [-0.3, -0.25) is 9.36 Å². The van der Waals surface area contributed by atoms with Crippen molar-refractivity contribution < 1.29 is 32.9 Å². The van der Waals surface area contributed by atoms with E-state index in [9.17, 15) is 19.4 Å². The Balaban J connectivity index is 4.22. The van der Waals surface area contributed by atoms with Crippen molar-refractivity contribution >= 4 is 13.7 Å². The number of amides is 1. The Bertz CT molecular complexity index is 1050. The lowest BCUT2D eigenvalue weighted by Gasteiger charge is -2.30. The van der Waals surface area contributed by atoms with Gasteiger partial charge in [0.25, 0.3) is 7.82 Å². The highest BCUT2D eigenvalue weighted by Gasteiger charge is 2.24. The van der Waals surface area contributed by atoms with Crippen LogP contribution in [0.3, 0.4) is 0 Å². The maximum Gasteiger partial charge on any atom is 0.268 e. The number of nitrogens with zero attached hydrogens (tertiary/aromatic N) is 1. The molecule has 0 rings (SSSR count). The molecule has 0 aliphatic carbocycles. The van der Waals surface area contributed by atoms with Gasteiger partial charge in [-0.1, -0.05) is 224 Å². The molecule has 0 aliphatic rings. The average molecular weight is 883 g/mol. The van der Waals surface area contributed by atoms with Crippen LogP contribution in [0.15, 0.2) is 24.3 Å². The lowest BCUT2D eigenvalue weighted by atomic mass is 10.0. The summed E-state index contributed by atoms with van der Waals surface area (Å²) in [5, 5.41) is 14.0. The Kier molecular flexibility index (Phi) is 43.5. The normalized spacial score (nSPS) is 14.3. The minimum atomic E-state index is -4.57. The highest BCUT2D eigenvalue weighted by Crippen LogP contribution is 2.38. The number of allylic oxidation sites excluding steroid dienone is 4. The topological polar surface area (TPSA) is 108 Å². The van der Waals surface area contributed by atoms with Crippen LogP contribution in [0.2, 0.25) is 0 Å². The number of phosphoric acid groups is 1.